The van der Waals surface area contributed by atoms with Crippen molar-refractivity contribution >= 4 is 62.7 Å². The maximum atomic E-state index is 15.0. The molecule has 10 rings (SSSR count). The fourth-order valence-corrected chi connectivity index (χ4v) is 9.71. The minimum Gasteiger partial charge on any atom is -0.354 e. The van der Waals surface area contributed by atoms with E-state index in [9.17, 15) is 45.2 Å². The Morgan fingerprint density at radius 3 is 1.46 bits per heavy atom. The van der Waals surface area contributed by atoms with Gasteiger partial charge in [0.2, 0.25) is 20.9 Å². The third-order valence-electron chi connectivity index (χ3n) is 13.4. The molecular weight excluding hydrogens is 1090 g/mol. The molecule has 2 aliphatic rings. The van der Waals surface area contributed by atoms with Crippen LogP contribution in [0.1, 0.15) is 60.5 Å². The standard InChI is InChI=1S/C32H33F2N7O2.C28H23F2N5O4S/c1-20-13-14-22(30(42)36-18-21-9-5-4-6-10-21)17-23(20)27-24-19-37-32(43)41(28-25(33)11-7-12-26(28)34)29(24)39-31(38-27)35-15-8-16-40(2)3;1-16-11-12-18(26(36)31-14-17-7-4-3-5-8-17)13-19(16)23-20-15-32-28(37)35(24-21(29)9-6-10-22(24)30)25(20)34-27(33-23)40(2,38)39/h4-7,9-14,17H,8,15-16,18-19H2,1-3H3,(H,36,42)(H,37,43)(H,35,38,39);3-13H,14-15H2,1-2H3,(H,31,36)(H,32,37). The van der Waals surface area contributed by atoms with Crippen molar-refractivity contribution in [2.24, 2.45) is 0 Å². The average Bonchev–Trinajstić information content (AvgIpc) is 3.49. The predicted octanol–water partition coefficient (Wildman–Crippen LogP) is 9.81. The molecule has 2 aromatic heterocycles. The number of carbonyl (C=O) groups excluding carboxylic acids is 4. The number of urea groups is 2. The van der Waals surface area contributed by atoms with Crippen LogP contribution in [0.5, 0.6) is 0 Å². The van der Waals surface area contributed by atoms with Crippen LogP contribution in [-0.4, -0.2) is 90.6 Å². The fourth-order valence-electron chi connectivity index (χ4n) is 9.20. The van der Waals surface area contributed by atoms with Crippen molar-refractivity contribution in [3.63, 3.8) is 0 Å². The second-order valence-electron chi connectivity index (χ2n) is 19.7. The van der Waals surface area contributed by atoms with E-state index < -0.39 is 61.7 Å². The van der Waals surface area contributed by atoms with E-state index in [2.05, 4.69) is 41.5 Å². The van der Waals surface area contributed by atoms with Gasteiger partial charge in [-0.05, 0) is 112 Å². The molecule has 0 atom stereocenters. The lowest BCUT2D eigenvalue weighted by atomic mass is 9.97. The molecule has 0 saturated heterocycles. The first-order valence-electron chi connectivity index (χ1n) is 26.1. The zero-order chi connectivity index (χ0) is 59.1. The minimum absolute atomic E-state index is 0.0286. The lowest BCUT2D eigenvalue weighted by Crippen LogP contribution is -2.43. The Morgan fingerprint density at radius 2 is 1.02 bits per heavy atom. The van der Waals surface area contributed by atoms with Crippen molar-refractivity contribution in [3.8, 4) is 22.5 Å². The first-order valence-corrected chi connectivity index (χ1v) is 28.0. The Balaban J connectivity index is 0.000000200. The van der Waals surface area contributed by atoms with Crippen LogP contribution < -0.4 is 36.4 Å². The Labute approximate surface area is 476 Å². The van der Waals surface area contributed by atoms with Crippen molar-refractivity contribution in [3.05, 3.63) is 201 Å². The number of aromatic nitrogens is 4. The van der Waals surface area contributed by atoms with Crippen LogP contribution >= 0.6 is 0 Å². The number of hydrogen-bond donors (Lipinski definition) is 5. The van der Waals surface area contributed by atoms with Crippen LogP contribution in [0, 0.1) is 37.1 Å². The Kier molecular flexibility index (Phi) is 17.5. The monoisotopic (exact) mass is 1150 g/mol. The molecule has 18 nitrogen and oxygen atoms in total. The molecule has 0 radical (unpaired) electrons. The number of carbonyl (C=O) groups is 4. The number of rotatable bonds is 16. The molecule has 426 valence electrons. The summed E-state index contributed by atoms with van der Waals surface area (Å²) < 4.78 is 84.7. The van der Waals surface area contributed by atoms with Gasteiger partial charge in [0, 0.05) is 59.3 Å². The molecule has 0 saturated carbocycles. The number of sulfone groups is 1. The van der Waals surface area contributed by atoms with Gasteiger partial charge in [-0.3, -0.25) is 9.59 Å². The summed E-state index contributed by atoms with van der Waals surface area (Å²) in [6.45, 7) is 5.50. The van der Waals surface area contributed by atoms with E-state index >= 15 is 0 Å². The molecule has 4 heterocycles. The molecule has 0 unspecified atom stereocenters. The van der Waals surface area contributed by atoms with Crippen LogP contribution in [0.4, 0.5) is 56.1 Å². The molecule has 6 amide bonds. The summed E-state index contributed by atoms with van der Waals surface area (Å²) in [7, 11) is -0.0942. The van der Waals surface area contributed by atoms with Crippen molar-refractivity contribution in [2.75, 3.05) is 48.6 Å². The molecule has 83 heavy (non-hydrogen) atoms. The summed E-state index contributed by atoms with van der Waals surface area (Å²) in [4.78, 5) is 73.5. The molecule has 0 bridgehead atoms. The van der Waals surface area contributed by atoms with E-state index in [1.54, 1.807) is 37.3 Å². The van der Waals surface area contributed by atoms with Crippen molar-refractivity contribution in [2.45, 2.75) is 51.6 Å². The number of benzene rings is 6. The van der Waals surface area contributed by atoms with Gasteiger partial charge in [-0.2, -0.15) is 9.97 Å². The Hall–Kier alpha value is -9.61. The summed E-state index contributed by atoms with van der Waals surface area (Å²) in [5.74, 6) is -4.56. The van der Waals surface area contributed by atoms with Crippen LogP contribution in [0.2, 0.25) is 0 Å². The summed E-state index contributed by atoms with van der Waals surface area (Å²) >= 11 is 0. The number of anilines is 5. The summed E-state index contributed by atoms with van der Waals surface area (Å²) in [6, 6.07) is 33.9. The second-order valence-corrected chi connectivity index (χ2v) is 21.6. The zero-order valence-corrected chi connectivity index (χ0v) is 46.5. The fraction of sp³-hybridized carbons (Fsp3) is 0.200. The van der Waals surface area contributed by atoms with Crippen LogP contribution in [0.3, 0.4) is 0 Å². The van der Waals surface area contributed by atoms with Crippen LogP contribution in [-0.2, 0) is 36.0 Å². The van der Waals surface area contributed by atoms with Crippen LogP contribution in [0.15, 0.2) is 139 Å². The zero-order valence-electron chi connectivity index (χ0n) is 45.7. The maximum absolute atomic E-state index is 15.0. The van der Waals surface area contributed by atoms with Gasteiger partial charge in [0.1, 0.15) is 34.6 Å². The van der Waals surface area contributed by atoms with E-state index in [0.29, 0.717) is 58.0 Å². The van der Waals surface area contributed by atoms with Gasteiger partial charge in [-0.25, -0.2) is 55.3 Å². The molecule has 23 heteroatoms. The third-order valence-corrected chi connectivity index (χ3v) is 14.3. The maximum Gasteiger partial charge on any atom is 0.328 e. The van der Waals surface area contributed by atoms with Crippen LogP contribution in [0.25, 0.3) is 22.5 Å². The highest BCUT2D eigenvalue weighted by molar-refractivity contribution is 7.90. The average molecular weight is 1150 g/mol. The number of para-hydroxylation sites is 2. The first-order chi connectivity index (χ1) is 39.8. The van der Waals surface area contributed by atoms with Gasteiger partial charge in [0.15, 0.2) is 11.6 Å². The van der Waals surface area contributed by atoms with Gasteiger partial charge in [0.05, 0.1) is 24.5 Å². The lowest BCUT2D eigenvalue weighted by molar-refractivity contribution is 0.0943. The Bertz CT molecular complexity index is 3880. The quantitative estimate of drug-likeness (QED) is 0.0346. The third kappa shape index (κ3) is 13.1. The molecule has 0 fully saturated rings. The number of nitrogens with one attached hydrogen (secondary N) is 5. The Morgan fingerprint density at radius 1 is 0.590 bits per heavy atom. The predicted molar refractivity (Wildman–Crippen MR) is 306 cm³/mol. The number of nitrogens with zero attached hydrogens (tertiary/aromatic N) is 7. The van der Waals surface area contributed by atoms with E-state index in [0.717, 1.165) is 71.1 Å². The highest BCUT2D eigenvalue weighted by atomic mass is 32.2. The molecule has 8 aromatic rings. The number of amides is 6. The van der Waals surface area contributed by atoms with Gasteiger partial charge >= 0.3 is 12.1 Å². The number of hydrogen-bond acceptors (Lipinski definition) is 12. The van der Waals surface area contributed by atoms with E-state index in [1.165, 1.54) is 6.07 Å². The summed E-state index contributed by atoms with van der Waals surface area (Å²) in [5.41, 5.74) is 5.03. The van der Waals surface area contributed by atoms with E-state index in [4.69, 9.17) is 4.98 Å². The van der Waals surface area contributed by atoms with Gasteiger partial charge in [-0.1, -0.05) is 84.9 Å². The molecule has 0 spiro atoms. The second kappa shape index (κ2) is 25.0. The van der Waals surface area contributed by atoms with Crippen molar-refractivity contribution in [1.82, 2.24) is 46.1 Å². The summed E-state index contributed by atoms with van der Waals surface area (Å²) in [6.07, 6.45) is 1.67. The molecule has 5 N–H and O–H groups in total. The molecule has 6 aromatic carbocycles. The molecule has 0 aliphatic carbocycles. The SMILES string of the molecule is Cc1ccc(C(=O)NCc2ccccc2)cc1-c1nc(NCCCN(C)C)nc2c1CNC(=O)N2c1c(F)cccc1F.Cc1ccc(C(=O)NCc2ccccc2)cc1-c1nc(S(C)(=O)=O)nc2c1CNC(=O)N2c1c(F)cccc1F. The number of halogens is 4. The van der Waals surface area contributed by atoms with Crippen molar-refractivity contribution < 1.29 is 45.2 Å². The van der Waals surface area contributed by atoms with Gasteiger partial charge < -0.3 is 31.5 Å². The topological polar surface area (TPSA) is 224 Å². The van der Waals surface area contributed by atoms with Crippen molar-refractivity contribution in [1.29, 1.82) is 0 Å². The summed E-state index contributed by atoms with van der Waals surface area (Å²) in [5, 5.41) is 13.6. The minimum atomic E-state index is -4.04. The number of fused-ring (bicyclic) bond motifs is 2. The first kappa shape index (κ1) is 58.1. The van der Waals surface area contributed by atoms with Gasteiger partial charge in [-0.15, -0.1) is 0 Å². The smallest absolute Gasteiger partial charge is 0.328 e. The normalized spacial score (nSPS) is 12.8. The van der Waals surface area contributed by atoms with Gasteiger partial charge in [0.25, 0.3) is 11.8 Å². The highest BCUT2D eigenvalue weighted by Gasteiger charge is 2.37. The molecular formula is C60H56F4N12O6S. The van der Waals surface area contributed by atoms with E-state index in [-0.39, 0.29) is 59.3 Å². The number of aryl methyl sites for hydroxylation is 2. The highest BCUT2D eigenvalue weighted by Crippen LogP contribution is 2.41. The molecule has 2 aliphatic heterocycles. The largest absolute Gasteiger partial charge is 0.354 e. The van der Waals surface area contributed by atoms with E-state index in [1.807, 2.05) is 92.6 Å². The lowest BCUT2D eigenvalue weighted by Gasteiger charge is -2.31.